The summed E-state index contributed by atoms with van der Waals surface area (Å²) in [6.07, 6.45) is 0.806. The second-order valence-electron chi connectivity index (χ2n) is 7.16. The normalized spacial score (nSPS) is 13.6. The number of aromatic nitrogens is 3. The Hall–Kier alpha value is -1.97. The van der Waals surface area contributed by atoms with E-state index in [-0.39, 0.29) is 23.7 Å². The van der Waals surface area contributed by atoms with Crippen LogP contribution in [-0.2, 0) is 0 Å². The Morgan fingerprint density at radius 3 is 2.69 bits per heavy atom. The largest absolute Gasteiger partial charge is 0.473 e. The number of nitrogens with one attached hydrogen (secondary N) is 1. The zero-order valence-corrected chi connectivity index (χ0v) is 18.5. The van der Waals surface area contributed by atoms with Gasteiger partial charge < -0.3 is 15.2 Å². The lowest BCUT2D eigenvalue weighted by atomic mass is 10.0. The van der Waals surface area contributed by atoms with Gasteiger partial charge in [-0.1, -0.05) is 49.1 Å². The fourth-order valence-corrected chi connectivity index (χ4v) is 4.61. The van der Waals surface area contributed by atoms with Crippen LogP contribution in [0, 0.1) is 11.7 Å². The van der Waals surface area contributed by atoms with E-state index >= 15 is 0 Å². The summed E-state index contributed by atoms with van der Waals surface area (Å²) in [4.78, 5) is 13.7. The van der Waals surface area contributed by atoms with Crippen LogP contribution in [0.4, 0.5) is 10.2 Å². The molecule has 0 amide bonds. The van der Waals surface area contributed by atoms with Crippen molar-refractivity contribution in [1.29, 1.82) is 0 Å². The van der Waals surface area contributed by atoms with Crippen LogP contribution in [0.3, 0.4) is 0 Å². The van der Waals surface area contributed by atoms with Crippen molar-refractivity contribution in [3.8, 4) is 5.19 Å². The van der Waals surface area contributed by atoms with Crippen LogP contribution in [0.1, 0.15) is 38.0 Å². The van der Waals surface area contributed by atoms with Crippen LogP contribution < -0.4 is 10.1 Å². The van der Waals surface area contributed by atoms with E-state index in [0.717, 1.165) is 16.7 Å². The number of fused-ring (bicyclic) bond motifs is 1. The average molecular weight is 437 g/mol. The van der Waals surface area contributed by atoms with Crippen molar-refractivity contribution in [2.75, 3.05) is 19.0 Å². The second kappa shape index (κ2) is 9.69. The number of hydrogen-bond donors (Lipinski definition) is 2. The molecule has 2 heterocycles. The first kappa shape index (κ1) is 21.7. The zero-order valence-electron chi connectivity index (χ0n) is 16.8. The summed E-state index contributed by atoms with van der Waals surface area (Å²) in [6.45, 7) is 6.20. The molecule has 0 aliphatic rings. The van der Waals surface area contributed by atoms with Crippen molar-refractivity contribution >= 4 is 39.3 Å². The number of ether oxygens (including phenoxy) is 1. The van der Waals surface area contributed by atoms with Crippen molar-refractivity contribution in [1.82, 2.24) is 15.0 Å². The van der Waals surface area contributed by atoms with Crippen LogP contribution in [0.5, 0.6) is 5.19 Å². The molecule has 29 heavy (non-hydrogen) atoms. The molecule has 9 heteroatoms. The van der Waals surface area contributed by atoms with Crippen LogP contribution in [0.15, 0.2) is 29.4 Å². The maximum Gasteiger partial charge on any atom is 0.275 e. The number of rotatable bonds is 9. The molecule has 3 rings (SSSR count). The quantitative estimate of drug-likeness (QED) is 0.364. The van der Waals surface area contributed by atoms with Gasteiger partial charge in [0.1, 0.15) is 10.5 Å². The molecule has 2 aromatic heterocycles. The maximum absolute atomic E-state index is 13.6. The predicted octanol–water partition coefficient (Wildman–Crippen LogP) is 4.91. The number of thioether (sulfide) groups is 1. The molecule has 6 nitrogen and oxygen atoms in total. The highest BCUT2D eigenvalue weighted by molar-refractivity contribution is 7.99. The SMILES string of the molecule is COc1nc2nc(S[C@@H](C)c3cccc(F)c3)nc(N[C@@H](CO)CC(C)C)c2s1. The van der Waals surface area contributed by atoms with E-state index in [1.807, 2.05) is 13.0 Å². The molecule has 3 aromatic rings. The molecule has 2 atom stereocenters. The van der Waals surface area contributed by atoms with E-state index in [2.05, 4.69) is 34.1 Å². The summed E-state index contributed by atoms with van der Waals surface area (Å²) >= 11 is 2.79. The fourth-order valence-electron chi connectivity index (χ4n) is 2.95. The maximum atomic E-state index is 13.6. The molecule has 0 unspecified atom stereocenters. The lowest BCUT2D eigenvalue weighted by molar-refractivity contribution is 0.259. The lowest BCUT2D eigenvalue weighted by Crippen LogP contribution is -2.26. The minimum atomic E-state index is -0.266. The van der Waals surface area contributed by atoms with Gasteiger partial charge in [-0.25, -0.2) is 14.4 Å². The van der Waals surface area contributed by atoms with Crippen molar-refractivity contribution in [3.05, 3.63) is 35.6 Å². The molecule has 0 spiro atoms. The molecule has 0 aliphatic heterocycles. The Labute approximate surface area is 178 Å². The molecule has 0 radical (unpaired) electrons. The van der Waals surface area contributed by atoms with E-state index in [4.69, 9.17) is 4.74 Å². The number of benzene rings is 1. The number of aliphatic hydroxyl groups is 1. The Morgan fingerprint density at radius 1 is 1.24 bits per heavy atom. The number of anilines is 1. The third kappa shape index (κ3) is 5.55. The molecular weight excluding hydrogens is 411 g/mol. The number of methoxy groups -OCH3 is 1. The third-order valence-electron chi connectivity index (χ3n) is 4.31. The Balaban J connectivity index is 1.93. The van der Waals surface area contributed by atoms with Gasteiger partial charge in [0.25, 0.3) is 5.19 Å². The molecule has 1 aromatic carbocycles. The molecule has 0 saturated heterocycles. The van der Waals surface area contributed by atoms with Crippen LogP contribution in [0.2, 0.25) is 0 Å². The minimum absolute atomic E-state index is 0.00177. The lowest BCUT2D eigenvalue weighted by Gasteiger charge is -2.19. The summed E-state index contributed by atoms with van der Waals surface area (Å²) in [7, 11) is 1.56. The molecule has 0 fully saturated rings. The summed E-state index contributed by atoms with van der Waals surface area (Å²) in [5, 5.41) is 14.1. The molecule has 2 N–H and O–H groups in total. The van der Waals surface area contributed by atoms with Crippen LogP contribution >= 0.6 is 23.1 Å². The fraction of sp³-hybridized carbons (Fsp3) is 0.450. The molecular formula is C20H25FN4O2S2. The molecule has 0 aliphatic carbocycles. The first-order valence-corrected chi connectivity index (χ1v) is 11.1. The standard InChI is InChI=1S/C20H25FN4O2S2/c1-11(2)8-15(10-26)22-17-16-18(25-20(27-4)29-16)24-19(23-17)28-12(3)13-6-5-7-14(21)9-13/h5-7,9,11-12,15,26H,8,10H2,1-4H3,(H,22,23,24)/t12-,15+/m0/s1. The Morgan fingerprint density at radius 2 is 2.03 bits per heavy atom. The summed E-state index contributed by atoms with van der Waals surface area (Å²) in [5.41, 5.74) is 1.40. The summed E-state index contributed by atoms with van der Waals surface area (Å²) < 4.78 is 19.6. The smallest absolute Gasteiger partial charge is 0.275 e. The monoisotopic (exact) mass is 436 g/mol. The number of nitrogens with zero attached hydrogens (tertiary/aromatic N) is 3. The van der Waals surface area contributed by atoms with Crippen LogP contribution in [-0.4, -0.2) is 39.8 Å². The second-order valence-corrected chi connectivity index (χ2v) is 9.43. The zero-order chi connectivity index (χ0) is 21.0. The van der Waals surface area contributed by atoms with Crippen LogP contribution in [0.25, 0.3) is 10.3 Å². The van der Waals surface area contributed by atoms with Gasteiger partial charge >= 0.3 is 0 Å². The molecule has 0 saturated carbocycles. The van der Waals surface area contributed by atoms with Gasteiger partial charge in [0.15, 0.2) is 16.6 Å². The summed E-state index contributed by atoms with van der Waals surface area (Å²) in [5.74, 6) is 0.789. The highest BCUT2D eigenvalue weighted by atomic mass is 32.2. The van der Waals surface area contributed by atoms with E-state index in [1.165, 1.54) is 35.2 Å². The first-order chi connectivity index (χ1) is 13.9. The highest BCUT2D eigenvalue weighted by Crippen LogP contribution is 2.37. The van der Waals surface area contributed by atoms with E-state index in [9.17, 15) is 9.50 Å². The number of thiazole rings is 1. The molecule has 156 valence electrons. The Bertz CT molecular complexity index is 967. The van der Waals surface area contributed by atoms with Gasteiger partial charge in [0.2, 0.25) is 0 Å². The van der Waals surface area contributed by atoms with E-state index in [1.54, 1.807) is 13.2 Å². The minimum Gasteiger partial charge on any atom is -0.473 e. The van der Waals surface area contributed by atoms with Gasteiger partial charge in [-0.2, -0.15) is 4.98 Å². The number of hydrogen-bond acceptors (Lipinski definition) is 8. The van der Waals surface area contributed by atoms with Gasteiger partial charge in [-0.15, -0.1) is 0 Å². The van der Waals surface area contributed by atoms with Gasteiger partial charge in [0.05, 0.1) is 19.8 Å². The number of halogens is 1. The topological polar surface area (TPSA) is 80.2 Å². The molecule has 0 bridgehead atoms. The summed E-state index contributed by atoms with van der Waals surface area (Å²) in [6, 6.07) is 6.40. The third-order valence-corrected chi connectivity index (χ3v) is 6.34. The first-order valence-electron chi connectivity index (χ1n) is 9.41. The highest BCUT2D eigenvalue weighted by Gasteiger charge is 2.19. The van der Waals surface area contributed by atoms with E-state index < -0.39 is 0 Å². The van der Waals surface area contributed by atoms with Gasteiger partial charge in [0, 0.05) is 5.25 Å². The Kier molecular flexibility index (Phi) is 7.26. The number of aliphatic hydroxyl groups excluding tert-OH is 1. The van der Waals surface area contributed by atoms with Gasteiger partial charge in [-0.3, -0.25) is 0 Å². The van der Waals surface area contributed by atoms with Crippen molar-refractivity contribution < 1.29 is 14.2 Å². The van der Waals surface area contributed by atoms with Crippen molar-refractivity contribution in [2.45, 2.75) is 43.6 Å². The predicted molar refractivity (Wildman–Crippen MR) is 116 cm³/mol. The van der Waals surface area contributed by atoms with Crippen molar-refractivity contribution in [2.24, 2.45) is 5.92 Å². The average Bonchev–Trinajstić information content (AvgIpc) is 3.10. The van der Waals surface area contributed by atoms with Crippen molar-refractivity contribution in [3.63, 3.8) is 0 Å². The van der Waals surface area contributed by atoms with Gasteiger partial charge in [-0.05, 0) is 37.0 Å². The van der Waals surface area contributed by atoms with E-state index in [0.29, 0.717) is 27.7 Å².